The van der Waals surface area contributed by atoms with Crippen molar-refractivity contribution < 1.29 is 27.8 Å². The number of benzene rings is 1. The molecule has 9 heteroatoms. The van der Waals surface area contributed by atoms with Crippen molar-refractivity contribution in [3.63, 3.8) is 0 Å². The molecule has 25 heavy (non-hydrogen) atoms. The van der Waals surface area contributed by atoms with Gasteiger partial charge < -0.3 is 24.4 Å². The predicted octanol–water partition coefficient (Wildman–Crippen LogP) is 2.60. The molecule has 0 saturated carbocycles. The molecular weight excluding hydrogens is 354 g/mol. The lowest BCUT2D eigenvalue weighted by Gasteiger charge is -2.35. The van der Waals surface area contributed by atoms with Crippen LogP contribution in [0.4, 0.5) is 8.78 Å². The highest BCUT2D eigenvalue weighted by Gasteiger charge is 2.33. The number of alkyl halides is 2. The van der Waals surface area contributed by atoms with E-state index in [9.17, 15) is 13.6 Å². The van der Waals surface area contributed by atoms with Gasteiger partial charge in [-0.2, -0.15) is 8.78 Å². The van der Waals surface area contributed by atoms with Gasteiger partial charge in [0.05, 0.1) is 25.8 Å². The first-order valence-electron chi connectivity index (χ1n) is 7.26. The first-order chi connectivity index (χ1) is 11.8. The number of allylic oxidation sites excluding steroid dienone is 1. The van der Waals surface area contributed by atoms with Gasteiger partial charge >= 0.3 is 12.6 Å². The molecule has 0 saturated heterocycles. The van der Waals surface area contributed by atoms with Crippen LogP contribution in [-0.2, 0) is 9.53 Å². The molecule has 1 N–H and O–H groups in total. The topological polar surface area (TPSA) is 60.0 Å². The van der Waals surface area contributed by atoms with Gasteiger partial charge in [-0.15, -0.1) is 0 Å². The number of nitrogens with one attached hydrogen (secondary N) is 1. The average molecular weight is 372 g/mol. The third-order valence-corrected chi connectivity index (χ3v) is 4.29. The minimum absolute atomic E-state index is 0.136. The van der Waals surface area contributed by atoms with Crippen LogP contribution in [0.3, 0.4) is 0 Å². The molecule has 2 rings (SSSR count). The van der Waals surface area contributed by atoms with Gasteiger partial charge in [0.25, 0.3) is 0 Å². The first-order valence-corrected chi connectivity index (χ1v) is 7.67. The summed E-state index contributed by atoms with van der Waals surface area (Å²) in [6.07, 6.45) is 0. The molecule has 1 heterocycles. The van der Waals surface area contributed by atoms with Crippen LogP contribution in [-0.4, -0.2) is 43.9 Å². The van der Waals surface area contributed by atoms with Gasteiger partial charge in [0.2, 0.25) is 0 Å². The Hall–Kier alpha value is -2.42. The molecule has 0 radical (unpaired) electrons. The molecule has 136 valence electrons. The summed E-state index contributed by atoms with van der Waals surface area (Å²) in [6.45, 7) is -1.28. The average Bonchev–Trinajstić information content (AvgIpc) is 2.58. The monoisotopic (exact) mass is 372 g/mol. The van der Waals surface area contributed by atoms with Crippen molar-refractivity contribution in [3.05, 3.63) is 35.0 Å². The Kier molecular flexibility index (Phi) is 5.78. The number of methoxy groups -OCH3 is 2. The molecule has 1 aliphatic rings. The Morgan fingerprint density at radius 2 is 2.00 bits per heavy atom. The van der Waals surface area contributed by atoms with Crippen molar-refractivity contribution in [1.29, 1.82) is 0 Å². The van der Waals surface area contributed by atoms with Crippen molar-refractivity contribution in [3.8, 4) is 11.5 Å². The number of carbonyl (C=O) groups excluding carboxylic acids is 1. The number of hydrogen-bond acceptors (Lipinski definition) is 5. The van der Waals surface area contributed by atoms with Gasteiger partial charge in [-0.3, -0.25) is 0 Å². The Morgan fingerprint density at radius 3 is 2.56 bits per heavy atom. The minimum Gasteiger partial charge on any atom is -0.493 e. The molecule has 0 spiro atoms. The Morgan fingerprint density at radius 1 is 1.32 bits per heavy atom. The van der Waals surface area contributed by atoms with Gasteiger partial charge in [0, 0.05) is 12.7 Å². The van der Waals surface area contributed by atoms with Gasteiger partial charge in [0.15, 0.2) is 16.6 Å². The lowest BCUT2D eigenvalue weighted by molar-refractivity contribution is -0.136. The van der Waals surface area contributed by atoms with Gasteiger partial charge in [-0.05, 0) is 36.8 Å². The quantitative estimate of drug-likeness (QED) is 0.630. The van der Waals surface area contributed by atoms with Crippen LogP contribution >= 0.6 is 12.2 Å². The van der Waals surface area contributed by atoms with Gasteiger partial charge in [-0.1, -0.05) is 6.07 Å². The highest BCUT2D eigenvalue weighted by molar-refractivity contribution is 7.80. The summed E-state index contributed by atoms with van der Waals surface area (Å²) < 4.78 is 39.7. The van der Waals surface area contributed by atoms with E-state index in [-0.39, 0.29) is 11.5 Å². The molecule has 0 unspecified atom stereocenters. The lowest BCUT2D eigenvalue weighted by Crippen LogP contribution is -2.46. The summed E-state index contributed by atoms with van der Waals surface area (Å²) >= 11 is 5.26. The first kappa shape index (κ1) is 18.9. The third-order valence-electron chi connectivity index (χ3n) is 3.90. The smallest absolute Gasteiger partial charge is 0.387 e. The van der Waals surface area contributed by atoms with Crippen LogP contribution in [0, 0.1) is 0 Å². The third kappa shape index (κ3) is 3.81. The van der Waals surface area contributed by atoms with Crippen LogP contribution in [0.2, 0.25) is 0 Å². The zero-order valence-corrected chi connectivity index (χ0v) is 14.9. The van der Waals surface area contributed by atoms with Crippen molar-refractivity contribution in [2.75, 3.05) is 21.3 Å². The molecular formula is C16H18F2N2O4S. The zero-order valence-electron chi connectivity index (χ0n) is 14.1. The molecule has 0 amide bonds. The van der Waals surface area contributed by atoms with Crippen molar-refractivity contribution in [2.45, 2.75) is 19.6 Å². The molecule has 0 bridgehead atoms. The summed E-state index contributed by atoms with van der Waals surface area (Å²) in [5.41, 5.74) is 1.44. The lowest BCUT2D eigenvalue weighted by atomic mass is 9.95. The summed E-state index contributed by atoms with van der Waals surface area (Å²) in [4.78, 5) is 13.9. The molecule has 1 atom stereocenters. The fourth-order valence-electron chi connectivity index (χ4n) is 2.52. The van der Waals surface area contributed by atoms with E-state index in [2.05, 4.69) is 10.1 Å². The van der Waals surface area contributed by atoms with Crippen LogP contribution in [0.1, 0.15) is 18.5 Å². The van der Waals surface area contributed by atoms with E-state index in [4.69, 9.17) is 21.7 Å². The van der Waals surface area contributed by atoms with Crippen molar-refractivity contribution >= 4 is 23.3 Å². The second-order valence-corrected chi connectivity index (χ2v) is 5.61. The predicted molar refractivity (Wildman–Crippen MR) is 90.6 cm³/mol. The number of esters is 1. The number of carbonyl (C=O) groups is 1. The second kappa shape index (κ2) is 7.64. The Balaban J connectivity index is 2.54. The van der Waals surface area contributed by atoms with Crippen LogP contribution in [0.25, 0.3) is 0 Å². The summed E-state index contributed by atoms with van der Waals surface area (Å²) in [5.74, 6) is -0.528. The Labute approximate surface area is 149 Å². The Bertz CT molecular complexity index is 724. The van der Waals surface area contributed by atoms with Crippen LogP contribution in [0.5, 0.6) is 11.5 Å². The van der Waals surface area contributed by atoms with E-state index in [1.807, 2.05) is 0 Å². The maximum atomic E-state index is 12.6. The van der Waals surface area contributed by atoms with E-state index < -0.39 is 18.6 Å². The second-order valence-electron chi connectivity index (χ2n) is 5.22. The minimum atomic E-state index is -3.01. The fourth-order valence-corrected chi connectivity index (χ4v) is 2.78. The zero-order chi connectivity index (χ0) is 18.7. The highest BCUT2D eigenvalue weighted by atomic mass is 32.1. The highest BCUT2D eigenvalue weighted by Crippen LogP contribution is 2.36. The van der Waals surface area contributed by atoms with Crippen LogP contribution < -0.4 is 14.8 Å². The van der Waals surface area contributed by atoms with Crippen molar-refractivity contribution in [1.82, 2.24) is 10.2 Å². The fraction of sp³-hybridized carbons (Fsp3) is 0.375. The molecule has 1 aliphatic heterocycles. The van der Waals surface area contributed by atoms with E-state index in [0.29, 0.717) is 21.9 Å². The van der Waals surface area contributed by atoms with Crippen LogP contribution in [0.15, 0.2) is 29.5 Å². The number of thiocarbonyl (C=S) groups is 1. The van der Waals surface area contributed by atoms with E-state index in [1.54, 1.807) is 24.9 Å². The molecule has 1 aromatic carbocycles. The number of rotatable bonds is 5. The number of hydrogen-bond donors (Lipinski definition) is 1. The molecule has 0 fully saturated rings. The van der Waals surface area contributed by atoms with E-state index in [1.165, 1.54) is 26.4 Å². The van der Waals surface area contributed by atoms with E-state index in [0.717, 1.165) is 0 Å². The molecule has 1 aromatic rings. The normalized spacial score (nSPS) is 17.5. The summed E-state index contributed by atoms with van der Waals surface area (Å²) in [5, 5.41) is 3.40. The number of nitrogens with zero attached hydrogens (tertiary/aromatic N) is 1. The molecule has 6 nitrogen and oxygen atoms in total. The standard InChI is InChI=1S/C16H18F2N2O4S/c1-8-12(14(21)23-4)13(19-16(25)20(8)2)9-5-6-10(22-3)11(7-9)24-15(17)18/h5-7,13,15H,1-4H3,(H,19,25)/t13-/m1/s1. The number of halogens is 2. The number of ether oxygens (including phenoxy) is 3. The molecule has 0 aromatic heterocycles. The maximum absolute atomic E-state index is 12.6. The largest absolute Gasteiger partial charge is 0.493 e. The van der Waals surface area contributed by atoms with E-state index >= 15 is 0 Å². The van der Waals surface area contributed by atoms with Gasteiger partial charge in [-0.25, -0.2) is 4.79 Å². The van der Waals surface area contributed by atoms with Crippen molar-refractivity contribution in [2.24, 2.45) is 0 Å². The maximum Gasteiger partial charge on any atom is 0.387 e. The molecule has 0 aliphatic carbocycles. The summed E-state index contributed by atoms with van der Waals surface area (Å²) in [6, 6.07) is 3.84. The summed E-state index contributed by atoms with van der Waals surface area (Å²) in [7, 11) is 4.33. The SMILES string of the molecule is COC(=O)C1=C(C)N(C)C(=S)N[C@@H]1c1ccc(OC)c(OC(F)F)c1. The van der Waals surface area contributed by atoms with Gasteiger partial charge in [0.1, 0.15) is 0 Å².